The van der Waals surface area contributed by atoms with Gasteiger partial charge in [0.2, 0.25) is 0 Å². The van der Waals surface area contributed by atoms with E-state index in [9.17, 15) is 0 Å². The van der Waals surface area contributed by atoms with Crippen molar-refractivity contribution in [2.75, 3.05) is 6.54 Å². The molecule has 1 aliphatic carbocycles. The number of rotatable bonds is 4. The Kier molecular flexibility index (Phi) is 3.15. The number of thiazole rings is 1. The zero-order chi connectivity index (χ0) is 9.86. The van der Waals surface area contributed by atoms with Gasteiger partial charge in [0, 0.05) is 30.2 Å². The summed E-state index contributed by atoms with van der Waals surface area (Å²) in [5.74, 6) is 0. The average molecular weight is 211 g/mol. The van der Waals surface area contributed by atoms with Gasteiger partial charge in [-0.25, -0.2) is 4.98 Å². The smallest absolute Gasteiger partial charge is 0.106 e. The molecule has 0 amide bonds. The molecule has 1 aromatic heterocycles. The van der Waals surface area contributed by atoms with Crippen LogP contribution in [0.5, 0.6) is 0 Å². The van der Waals surface area contributed by atoms with E-state index in [4.69, 9.17) is 5.73 Å². The summed E-state index contributed by atoms with van der Waals surface area (Å²) in [4.78, 5) is 4.22. The summed E-state index contributed by atoms with van der Waals surface area (Å²) in [7, 11) is 0. The molecule has 1 fully saturated rings. The van der Waals surface area contributed by atoms with Crippen LogP contribution in [0.2, 0.25) is 0 Å². The quantitative estimate of drug-likeness (QED) is 0.793. The zero-order valence-electron chi connectivity index (χ0n) is 8.33. The average Bonchev–Trinajstić information content (AvgIpc) is 2.77. The second-order valence-corrected chi connectivity index (χ2v) is 5.08. The second-order valence-electron chi connectivity index (χ2n) is 4.10. The fourth-order valence-electron chi connectivity index (χ4n) is 2.01. The van der Waals surface area contributed by atoms with Crippen LogP contribution in [0.15, 0.2) is 11.6 Å². The van der Waals surface area contributed by atoms with Crippen molar-refractivity contribution in [1.82, 2.24) is 10.3 Å². The number of nitrogens with zero attached hydrogens (tertiary/aromatic N) is 1. The molecule has 1 aliphatic rings. The van der Waals surface area contributed by atoms with Crippen LogP contribution in [-0.2, 0) is 6.54 Å². The van der Waals surface area contributed by atoms with Gasteiger partial charge < -0.3 is 11.1 Å². The minimum Gasteiger partial charge on any atom is -0.324 e. The van der Waals surface area contributed by atoms with Crippen molar-refractivity contribution < 1.29 is 0 Å². The fraction of sp³-hybridized carbons (Fsp3) is 0.700. The third-order valence-corrected chi connectivity index (χ3v) is 3.62. The molecule has 78 valence electrons. The molecule has 4 heteroatoms. The standard InChI is InChI=1S/C10H17N3S/c11-10(3-1-2-4-10)8-12-7-9-13-5-6-14-9/h5-6,12H,1-4,7-8,11H2. The molecule has 1 heterocycles. The molecule has 0 radical (unpaired) electrons. The number of aromatic nitrogens is 1. The fourth-order valence-corrected chi connectivity index (χ4v) is 2.60. The Morgan fingerprint density at radius 3 is 2.93 bits per heavy atom. The van der Waals surface area contributed by atoms with E-state index in [2.05, 4.69) is 10.3 Å². The highest BCUT2D eigenvalue weighted by molar-refractivity contribution is 7.09. The van der Waals surface area contributed by atoms with Crippen LogP contribution in [0.4, 0.5) is 0 Å². The SMILES string of the molecule is NC1(CNCc2nccs2)CCCC1. The maximum atomic E-state index is 6.22. The van der Waals surface area contributed by atoms with Gasteiger partial charge in [0.15, 0.2) is 0 Å². The highest BCUT2D eigenvalue weighted by Gasteiger charge is 2.28. The number of hydrogen-bond acceptors (Lipinski definition) is 4. The molecule has 1 aromatic rings. The Bertz CT molecular complexity index is 265. The van der Waals surface area contributed by atoms with Crippen LogP contribution in [0.25, 0.3) is 0 Å². The van der Waals surface area contributed by atoms with Gasteiger partial charge in [0.05, 0.1) is 0 Å². The normalized spacial score (nSPS) is 20.1. The molecule has 0 unspecified atom stereocenters. The Hall–Kier alpha value is -0.450. The third-order valence-electron chi connectivity index (χ3n) is 2.84. The molecule has 1 saturated carbocycles. The third kappa shape index (κ3) is 2.53. The van der Waals surface area contributed by atoms with Crippen molar-refractivity contribution in [1.29, 1.82) is 0 Å². The Morgan fingerprint density at radius 2 is 2.29 bits per heavy atom. The topological polar surface area (TPSA) is 50.9 Å². The van der Waals surface area contributed by atoms with E-state index < -0.39 is 0 Å². The maximum absolute atomic E-state index is 6.22. The van der Waals surface area contributed by atoms with E-state index >= 15 is 0 Å². The van der Waals surface area contributed by atoms with E-state index in [1.165, 1.54) is 12.8 Å². The van der Waals surface area contributed by atoms with E-state index in [1.54, 1.807) is 11.3 Å². The first kappa shape index (κ1) is 10.1. The first-order chi connectivity index (χ1) is 6.79. The summed E-state index contributed by atoms with van der Waals surface area (Å²) < 4.78 is 0. The van der Waals surface area contributed by atoms with Gasteiger partial charge in [-0.15, -0.1) is 11.3 Å². The van der Waals surface area contributed by atoms with Crippen molar-refractivity contribution in [3.8, 4) is 0 Å². The lowest BCUT2D eigenvalue weighted by Crippen LogP contribution is -2.46. The van der Waals surface area contributed by atoms with Crippen molar-refractivity contribution >= 4 is 11.3 Å². The number of nitrogens with one attached hydrogen (secondary N) is 1. The zero-order valence-corrected chi connectivity index (χ0v) is 9.15. The van der Waals surface area contributed by atoms with Crippen molar-refractivity contribution in [2.45, 2.75) is 37.8 Å². The van der Waals surface area contributed by atoms with E-state index in [1.807, 2.05) is 11.6 Å². The Labute approximate surface area is 88.7 Å². The summed E-state index contributed by atoms with van der Waals surface area (Å²) in [5, 5.41) is 6.54. The monoisotopic (exact) mass is 211 g/mol. The number of hydrogen-bond donors (Lipinski definition) is 2. The van der Waals surface area contributed by atoms with E-state index in [0.29, 0.717) is 0 Å². The molecular formula is C10H17N3S. The lowest BCUT2D eigenvalue weighted by molar-refractivity contribution is 0.404. The summed E-state index contributed by atoms with van der Waals surface area (Å²) in [6.07, 6.45) is 6.75. The highest BCUT2D eigenvalue weighted by Crippen LogP contribution is 2.26. The Morgan fingerprint density at radius 1 is 1.50 bits per heavy atom. The van der Waals surface area contributed by atoms with E-state index in [0.717, 1.165) is 30.9 Å². The molecule has 0 saturated heterocycles. The summed E-state index contributed by atoms with van der Waals surface area (Å²) in [6, 6.07) is 0. The Balaban J connectivity index is 1.72. The first-order valence-electron chi connectivity index (χ1n) is 5.16. The molecule has 3 nitrogen and oxygen atoms in total. The lowest BCUT2D eigenvalue weighted by atomic mass is 9.99. The van der Waals surface area contributed by atoms with Crippen molar-refractivity contribution in [3.05, 3.63) is 16.6 Å². The number of nitrogens with two attached hydrogens (primary N) is 1. The van der Waals surface area contributed by atoms with Crippen LogP contribution < -0.4 is 11.1 Å². The minimum atomic E-state index is 0.0528. The maximum Gasteiger partial charge on any atom is 0.106 e. The van der Waals surface area contributed by atoms with Crippen molar-refractivity contribution in [3.63, 3.8) is 0 Å². The largest absolute Gasteiger partial charge is 0.324 e. The van der Waals surface area contributed by atoms with Crippen LogP contribution in [0.1, 0.15) is 30.7 Å². The predicted molar refractivity (Wildman–Crippen MR) is 59.2 cm³/mol. The summed E-state index contributed by atoms with van der Waals surface area (Å²) >= 11 is 1.69. The molecular weight excluding hydrogens is 194 g/mol. The molecule has 14 heavy (non-hydrogen) atoms. The second kappa shape index (κ2) is 4.38. The molecule has 0 aromatic carbocycles. The molecule has 0 bridgehead atoms. The van der Waals surface area contributed by atoms with Gasteiger partial charge in [-0.3, -0.25) is 0 Å². The van der Waals surface area contributed by atoms with Crippen LogP contribution in [-0.4, -0.2) is 17.1 Å². The minimum absolute atomic E-state index is 0.0528. The first-order valence-corrected chi connectivity index (χ1v) is 6.04. The molecule has 2 rings (SSSR count). The van der Waals surface area contributed by atoms with Gasteiger partial charge in [-0.05, 0) is 12.8 Å². The van der Waals surface area contributed by atoms with Crippen LogP contribution >= 0.6 is 11.3 Å². The highest BCUT2D eigenvalue weighted by atomic mass is 32.1. The van der Waals surface area contributed by atoms with Gasteiger partial charge in [-0.2, -0.15) is 0 Å². The van der Waals surface area contributed by atoms with Gasteiger partial charge in [0.25, 0.3) is 0 Å². The predicted octanol–water partition coefficient (Wildman–Crippen LogP) is 1.50. The van der Waals surface area contributed by atoms with Crippen LogP contribution in [0.3, 0.4) is 0 Å². The molecule has 3 N–H and O–H groups in total. The lowest BCUT2D eigenvalue weighted by Gasteiger charge is -2.23. The van der Waals surface area contributed by atoms with Crippen LogP contribution in [0, 0.1) is 0 Å². The van der Waals surface area contributed by atoms with Gasteiger partial charge in [0.1, 0.15) is 5.01 Å². The van der Waals surface area contributed by atoms with Gasteiger partial charge in [-0.1, -0.05) is 12.8 Å². The molecule has 0 aliphatic heterocycles. The molecule has 0 spiro atoms. The summed E-state index contributed by atoms with van der Waals surface area (Å²) in [5.41, 5.74) is 6.27. The summed E-state index contributed by atoms with van der Waals surface area (Å²) in [6.45, 7) is 1.78. The van der Waals surface area contributed by atoms with E-state index in [-0.39, 0.29) is 5.54 Å². The van der Waals surface area contributed by atoms with Gasteiger partial charge >= 0.3 is 0 Å². The molecule has 0 atom stereocenters. The van der Waals surface area contributed by atoms with Crippen molar-refractivity contribution in [2.24, 2.45) is 5.73 Å².